The zero-order chi connectivity index (χ0) is 12.2. The monoisotopic (exact) mass is 415 g/mol. The molecule has 1 aromatic carbocycles. The summed E-state index contributed by atoms with van der Waals surface area (Å²) < 4.78 is 6.05. The van der Waals surface area contributed by atoms with Gasteiger partial charge in [-0.25, -0.2) is 0 Å². The molecule has 0 saturated carbocycles. The number of benzene rings is 1. The van der Waals surface area contributed by atoms with Gasteiger partial charge in [-0.05, 0) is 0 Å². The van der Waals surface area contributed by atoms with Gasteiger partial charge >= 0.3 is 106 Å². The van der Waals surface area contributed by atoms with Crippen molar-refractivity contribution in [1.29, 1.82) is 0 Å². The van der Waals surface area contributed by atoms with Gasteiger partial charge in [0, 0.05) is 0 Å². The van der Waals surface area contributed by atoms with E-state index in [1.165, 1.54) is 17.6 Å². The summed E-state index contributed by atoms with van der Waals surface area (Å²) in [5, 5.41) is 0. The summed E-state index contributed by atoms with van der Waals surface area (Å²) in [6.07, 6.45) is 0. The number of rotatable bonds is 5. The molecule has 0 heterocycles. The van der Waals surface area contributed by atoms with E-state index in [1.54, 1.807) is 3.12 Å². The predicted octanol–water partition coefficient (Wildman–Crippen LogP) is 3.47. The summed E-state index contributed by atoms with van der Waals surface area (Å²) in [6, 6.07) is 9.36. The van der Waals surface area contributed by atoms with Crippen molar-refractivity contribution < 1.29 is 0 Å². The maximum absolute atomic E-state index is 2.40. The second-order valence-corrected chi connectivity index (χ2v) is 25.2. The average molecular weight is 415 g/mol. The summed E-state index contributed by atoms with van der Waals surface area (Å²) in [6.45, 7) is 7.19. The van der Waals surface area contributed by atoms with Crippen LogP contribution in [0.4, 0.5) is 5.69 Å². The van der Waals surface area contributed by atoms with Crippen LogP contribution in [0.25, 0.3) is 0 Å². The van der Waals surface area contributed by atoms with Crippen molar-refractivity contribution >= 4 is 30.0 Å². The van der Waals surface area contributed by atoms with E-state index in [2.05, 4.69) is 64.0 Å². The average Bonchev–Trinajstić information content (AvgIpc) is 2.33. The van der Waals surface area contributed by atoms with Gasteiger partial charge in [0.2, 0.25) is 0 Å². The molecule has 16 heavy (non-hydrogen) atoms. The summed E-state index contributed by atoms with van der Waals surface area (Å²) >= 11 is -2.10. The molecular weight excluding hydrogens is 389 g/mol. The minimum absolute atomic E-state index is 1.31. The Kier molecular flexibility index (Phi) is 5.28. The van der Waals surface area contributed by atoms with Gasteiger partial charge in [0.05, 0.1) is 0 Å². The molecule has 0 bridgehead atoms. The number of anilines is 1. The van der Waals surface area contributed by atoms with Crippen LogP contribution < -0.4 is 8.02 Å². The Bertz CT molecular complexity index is 304. The van der Waals surface area contributed by atoms with Crippen LogP contribution in [0, 0.1) is 0 Å². The summed E-state index contributed by atoms with van der Waals surface area (Å²) in [7, 11) is 4.21. The van der Waals surface area contributed by atoms with E-state index in [9.17, 15) is 0 Å². The van der Waals surface area contributed by atoms with Gasteiger partial charge in [0.15, 0.2) is 0 Å². The molecule has 0 unspecified atom stereocenters. The SMILES string of the molecule is C[CH2][Pb]([CH2]C)([CH2]C)[c]1ccc(N(C)C)cc1. The predicted molar refractivity (Wildman–Crippen MR) is 77.6 cm³/mol. The van der Waals surface area contributed by atoms with Gasteiger partial charge in [0.25, 0.3) is 0 Å². The van der Waals surface area contributed by atoms with E-state index in [0.29, 0.717) is 0 Å². The van der Waals surface area contributed by atoms with Crippen molar-refractivity contribution in [2.45, 2.75) is 32.7 Å². The minimum atomic E-state index is -2.10. The van der Waals surface area contributed by atoms with Crippen molar-refractivity contribution in [1.82, 2.24) is 0 Å². The van der Waals surface area contributed by atoms with Crippen LogP contribution >= 0.6 is 0 Å². The van der Waals surface area contributed by atoms with E-state index < -0.39 is 21.2 Å². The Morgan fingerprint density at radius 3 is 1.62 bits per heavy atom. The molecule has 90 valence electrons. The van der Waals surface area contributed by atoms with Gasteiger partial charge in [-0.15, -0.1) is 0 Å². The van der Waals surface area contributed by atoms with Crippen LogP contribution in [0.1, 0.15) is 20.8 Å². The van der Waals surface area contributed by atoms with Gasteiger partial charge in [-0.2, -0.15) is 0 Å². The fourth-order valence-electron chi connectivity index (χ4n) is 2.48. The first-order valence-electron chi connectivity index (χ1n) is 6.37. The topological polar surface area (TPSA) is 3.24 Å². The number of hydrogen-bond donors (Lipinski definition) is 0. The third kappa shape index (κ3) is 2.79. The van der Waals surface area contributed by atoms with E-state index in [1.807, 2.05) is 0 Å². The molecule has 0 atom stereocenters. The maximum atomic E-state index is 2.40. The van der Waals surface area contributed by atoms with Crippen LogP contribution in [0.15, 0.2) is 24.3 Å². The normalized spacial score (nSPS) is 11.6. The molecule has 0 amide bonds. The van der Waals surface area contributed by atoms with Crippen molar-refractivity contribution in [3.05, 3.63) is 24.3 Å². The summed E-state index contributed by atoms with van der Waals surface area (Å²) in [5.41, 5.74) is 1.31. The van der Waals surface area contributed by atoms with Crippen molar-refractivity contribution in [2.75, 3.05) is 19.0 Å². The zero-order valence-corrected chi connectivity index (χ0v) is 15.3. The molecule has 0 N–H and O–H groups in total. The van der Waals surface area contributed by atoms with Crippen LogP contribution in [0.3, 0.4) is 0 Å². The Morgan fingerprint density at radius 1 is 0.875 bits per heavy atom. The van der Waals surface area contributed by atoms with Gasteiger partial charge < -0.3 is 0 Å². The third-order valence-electron chi connectivity index (χ3n) is 4.03. The second kappa shape index (κ2) is 6.03. The molecule has 1 aromatic rings. The van der Waals surface area contributed by atoms with E-state index in [4.69, 9.17) is 0 Å². The molecule has 0 aliphatic rings. The van der Waals surface area contributed by atoms with E-state index >= 15 is 0 Å². The molecule has 1 rings (SSSR count). The van der Waals surface area contributed by atoms with E-state index in [-0.39, 0.29) is 0 Å². The van der Waals surface area contributed by atoms with E-state index in [0.717, 1.165) is 0 Å². The van der Waals surface area contributed by atoms with Crippen LogP contribution in [0.5, 0.6) is 0 Å². The molecule has 2 heteroatoms. The van der Waals surface area contributed by atoms with Gasteiger partial charge in [-0.1, -0.05) is 0 Å². The molecule has 1 nitrogen and oxygen atoms in total. The van der Waals surface area contributed by atoms with Gasteiger partial charge in [0.1, 0.15) is 0 Å². The van der Waals surface area contributed by atoms with Crippen LogP contribution in [-0.2, 0) is 0 Å². The molecule has 0 spiro atoms. The van der Waals surface area contributed by atoms with Crippen molar-refractivity contribution in [3.8, 4) is 0 Å². The second-order valence-electron chi connectivity index (χ2n) is 4.78. The number of nitrogens with zero attached hydrogens (tertiary/aromatic N) is 1. The molecular formula is C14H25NPb. The Balaban J connectivity index is 3.03. The van der Waals surface area contributed by atoms with Crippen LogP contribution in [-0.4, -0.2) is 35.3 Å². The molecule has 0 fully saturated rings. The Hall–Kier alpha value is -0.0579. The van der Waals surface area contributed by atoms with Crippen molar-refractivity contribution in [2.24, 2.45) is 0 Å². The van der Waals surface area contributed by atoms with Crippen LogP contribution in [0.2, 0.25) is 11.9 Å². The summed E-state index contributed by atoms with van der Waals surface area (Å²) in [5.74, 6) is 0. The molecule has 0 aliphatic carbocycles. The number of hydrogen-bond acceptors (Lipinski definition) is 1. The zero-order valence-electron chi connectivity index (χ0n) is 11.4. The van der Waals surface area contributed by atoms with Gasteiger partial charge in [-0.3, -0.25) is 0 Å². The first kappa shape index (κ1) is 14.0. The Labute approximate surface area is 106 Å². The fourth-order valence-corrected chi connectivity index (χ4v) is 16.5. The Morgan fingerprint density at radius 2 is 1.31 bits per heavy atom. The molecule has 0 aromatic heterocycles. The quantitative estimate of drug-likeness (QED) is 0.667. The fraction of sp³-hybridized carbons (Fsp3) is 0.571. The van der Waals surface area contributed by atoms with Crippen molar-refractivity contribution in [3.63, 3.8) is 0 Å². The summed E-state index contributed by atoms with van der Waals surface area (Å²) in [4.78, 5) is 2.17. The first-order chi connectivity index (χ1) is 7.59. The third-order valence-corrected chi connectivity index (χ3v) is 25.9. The molecule has 0 saturated heterocycles. The molecule has 0 aliphatic heterocycles. The molecule has 0 radical (unpaired) electrons. The standard InChI is InChI=1S/C8H10N.3C2H5.Pb/c1-9(2)8-6-4-3-5-7-8;3*1-2;/h4-7H,1-2H3;3*1H2,2H3;. The first-order valence-corrected chi connectivity index (χ1v) is 16.6.